The highest BCUT2D eigenvalue weighted by atomic mass is 32.2. The molecule has 0 atom stereocenters. The molecule has 1 aromatic heterocycles. The van der Waals surface area contributed by atoms with Gasteiger partial charge in [0, 0.05) is 33.4 Å². The summed E-state index contributed by atoms with van der Waals surface area (Å²) in [6.45, 7) is 1.63. The predicted molar refractivity (Wildman–Crippen MR) is 74.4 cm³/mol. The molecule has 0 aliphatic carbocycles. The van der Waals surface area contributed by atoms with Crippen LogP contribution in [0.25, 0.3) is 0 Å². The van der Waals surface area contributed by atoms with E-state index < -0.39 is 16.0 Å². The third-order valence-electron chi connectivity index (χ3n) is 2.62. The standard InChI is InChI=1S/C12H20N2O6S/c1-14-9-10(21(13,16)17)8-11(14)12(15)20-5-3-4-19-7-6-18-2/h8-9H,3-7H2,1-2H3,(H2,13,16,17). The van der Waals surface area contributed by atoms with Crippen LogP contribution in [0.4, 0.5) is 0 Å². The largest absolute Gasteiger partial charge is 0.461 e. The number of hydrogen-bond acceptors (Lipinski definition) is 6. The average Bonchev–Trinajstić information content (AvgIpc) is 2.79. The van der Waals surface area contributed by atoms with Crippen molar-refractivity contribution in [1.29, 1.82) is 0 Å². The van der Waals surface area contributed by atoms with Crippen LogP contribution in [0.3, 0.4) is 0 Å². The van der Waals surface area contributed by atoms with Crippen molar-refractivity contribution in [1.82, 2.24) is 4.57 Å². The van der Waals surface area contributed by atoms with Crippen LogP contribution in [0.5, 0.6) is 0 Å². The van der Waals surface area contributed by atoms with Gasteiger partial charge in [-0.05, 0) is 6.07 Å². The van der Waals surface area contributed by atoms with Gasteiger partial charge in [-0.25, -0.2) is 18.4 Å². The predicted octanol–water partition coefficient (Wildman–Crippen LogP) is -0.118. The first-order valence-electron chi connectivity index (χ1n) is 6.29. The average molecular weight is 320 g/mol. The number of nitrogens with zero attached hydrogens (tertiary/aromatic N) is 1. The molecule has 0 amide bonds. The second kappa shape index (κ2) is 8.13. The van der Waals surface area contributed by atoms with Crippen molar-refractivity contribution < 1.29 is 27.4 Å². The monoisotopic (exact) mass is 320 g/mol. The number of aromatic nitrogens is 1. The Morgan fingerprint density at radius 1 is 1.29 bits per heavy atom. The Labute approximate surface area is 123 Å². The summed E-state index contributed by atoms with van der Waals surface area (Å²) < 4.78 is 38.8. The van der Waals surface area contributed by atoms with Gasteiger partial charge in [0.2, 0.25) is 10.0 Å². The fourth-order valence-electron chi connectivity index (χ4n) is 1.54. The van der Waals surface area contributed by atoms with Crippen molar-refractivity contribution in [3.8, 4) is 0 Å². The lowest BCUT2D eigenvalue weighted by atomic mass is 10.4. The fraction of sp³-hybridized carbons (Fsp3) is 0.583. The second-order valence-electron chi connectivity index (χ2n) is 4.31. The molecule has 0 aromatic carbocycles. The number of esters is 1. The highest BCUT2D eigenvalue weighted by molar-refractivity contribution is 7.89. The molecule has 0 saturated heterocycles. The molecule has 0 aliphatic heterocycles. The molecule has 1 rings (SSSR count). The Morgan fingerprint density at radius 3 is 2.57 bits per heavy atom. The third-order valence-corrected chi connectivity index (χ3v) is 3.50. The highest BCUT2D eigenvalue weighted by Crippen LogP contribution is 2.12. The van der Waals surface area contributed by atoms with E-state index in [-0.39, 0.29) is 17.2 Å². The van der Waals surface area contributed by atoms with Gasteiger partial charge in [-0.1, -0.05) is 0 Å². The van der Waals surface area contributed by atoms with E-state index in [1.54, 1.807) is 14.2 Å². The molecule has 0 spiro atoms. The maximum absolute atomic E-state index is 11.8. The Morgan fingerprint density at radius 2 is 2.00 bits per heavy atom. The Kier molecular flexibility index (Phi) is 6.82. The molecule has 1 heterocycles. The number of primary sulfonamides is 1. The summed E-state index contributed by atoms with van der Waals surface area (Å²) >= 11 is 0. The summed E-state index contributed by atoms with van der Waals surface area (Å²) in [6.07, 6.45) is 1.81. The van der Waals surface area contributed by atoms with Gasteiger partial charge in [0.05, 0.1) is 19.8 Å². The molecule has 0 bridgehead atoms. The molecule has 2 N–H and O–H groups in total. The number of ether oxygens (including phenoxy) is 3. The van der Waals surface area contributed by atoms with Crippen molar-refractivity contribution in [3.63, 3.8) is 0 Å². The maximum Gasteiger partial charge on any atom is 0.354 e. The van der Waals surface area contributed by atoms with Crippen molar-refractivity contribution in [3.05, 3.63) is 18.0 Å². The van der Waals surface area contributed by atoms with Gasteiger partial charge in [0.1, 0.15) is 10.6 Å². The van der Waals surface area contributed by atoms with Gasteiger partial charge in [-0.2, -0.15) is 0 Å². The number of nitrogens with two attached hydrogens (primary N) is 1. The van der Waals surface area contributed by atoms with E-state index in [4.69, 9.17) is 19.3 Å². The second-order valence-corrected chi connectivity index (χ2v) is 5.87. The summed E-state index contributed by atoms with van der Waals surface area (Å²) in [7, 11) is -0.712. The van der Waals surface area contributed by atoms with E-state index in [2.05, 4.69) is 0 Å². The molecule has 9 heteroatoms. The van der Waals surface area contributed by atoms with Gasteiger partial charge in [-0.3, -0.25) is 0 Å². The molecule has 0 aliphatic rings. The summed E-state index contributed by atoms with van der Waals surface area (Å²) in [4.78, 5) is 11.7. The molecule has 0 fully saturated rings. The first-order chi connectivity index (χ1) is 9.86. The maximum atomic E-state index is 11.8. The molecule has 21 heavy (non-hydrogen) atoms. The summed E-state index contributed by atoms with van der Waals surface area (Å²) in [5.74, 6) is -0.607. The minimum Gasteiger partial charge on any atom is -0.461 e. The number of sulfonamides is 1. The van der Waals surface area contributed by atoms with Crippen LogP contribution in [-0.4, -0.2) is 52.5 Å². The molecule has 0 radical (unpaired) electrons. The van der Waals surface area contributed by atoms with Gasteiger partial charge in [-0.15, -0.1) is 0 Å². The number of methoxy groups -OCH3 is 1. The zero-order chi connectivity index (χ0) is 15.9. The number of hydrogen-bond donors (Lipinski definition) is 1. The van der Waals surface area contributed by atoms with Crippen LogP contribution in [0, 0.1) is 0 Å². The quantitative estimate of drug-likeness (QED) is 0.502. The molecular weight excluding hydrogens is 300 g/mol. The number of carbonyl (C=O) groups excluding carboxylic acids is 1. The first kappa shape index (κ1) is 17.6. The molecule has 8 nitrogen and oxygen atoms in total. The normalized spacial score (nSPS) is 11.6. The molecule has 1 aromatic rings. The van der Waals surface area contributed by atoms with Gasteiger partial charge >= 0.3 is 5.97 Å². The Bertz CT molecular complexity index is 566. The summed E-state index contributed by atoms with van der Waals surface area (Å²) in [6, 6.07) is 1.19. The van der Waals surface area contributed by atoms with Crippen LogP contribution in [0.2, 0.25) is 0 Å². The SMILES string of the molecule is COCCOCCCOC(=O)c1cc(S(N)(=O)=O)cn1C. The zero-order valence-corrected chi connectivity index (χ0v) is 12.9. The lowest BCUT2D eigenvalue weighted by molar-refractivity contribution is 0.0377. The Hall–Kier alpha value is -1.42. The Balaban J connectivity index is 2.41. The van der Waals surface area contributed by atoms with Crippen LogP contribution in [-0.2, 0) is 31.3 Å². The minimum absolute atomic E-state index is 0.124. The summed E-state index contributed by atoms with van der Waals surface area (Å²) in [5, 5.41) is 5.00. The van der Waals surface area contributed by atoms with E-state index >= 15 is 0 Å². The van der Waals surface area contributed by atoms with Gasteiger partial charge in [0.15, 0.2) is 0 Å². The van der Waals surface area contributed by atoms with Crippen LogP contribution >= 0.6 is 0 Å². The molecule has 120 valence electrons. The topological polar surface area (TPSA) is 110 Å². The number of rotatable bonds is 9. The van der Waals surface area contributed by atoms with E-state index in [1.165, 1.54) is 16.8 Å². The van der Waals surface area contributed by atoms with E-state index in [0.717, 1.165) is 0 Å². The van der Waals surface area contributed by atoms with E-state index in [0.29, 0.717) is 26.2 Å². The number of carbonyl (C=O) groups is 1. The van der Waals surface area contributed by atoms with Crippen molar-refractivity contribution in [2.24, 2.45) is 12.2 Å². The smallest absolute Gasteiger partial charge is 0.354 e. The molecule has 0 saturated carbocycles. The third kappa shape index (κ3) is 5.84. The van der Waals surface area contributed by atoms with E-state index in [9.17, 15) is 13.2 Å². The van der Waals surface area contributed by atoms with Gasteiger partial charge < -0.3 is 18.8 Å². The minimum atomic E-state index is -3.84. The van der Waals surface area contributed by atoms with Gasteiger partial charge in [0.25, 0.3) is 0 Å². The van der Waals surface area contributed by atoms with Crippen LogP contribution in [0.15, 0.2) is 17.2 Å². The molecular formula is C12H20N2O6S. The highest BCUT2D eigenvalue weighted by Gasteiger charge is 2.18. The van der Waals surface area contributed by atoms with E-state index in [1.807, 2.05) is 0 Å². The van der Waals surface area contributed by atoms with Crippen LogP contribution < -0.4 is 5.14 Å². The van der Waals surface area contributed by atoms with Crippen molar-refractivity contribution in [2.75, 3.05) is 33.5 Å². The summed E-state index contributed by atoms with van der Waals surface area (Å²) in [5.41, 5.74) is 0.124. The zero-order valence-electron chi connectivity index (χ0n) is 12.1. The lowest BCUT2D eigenvalue weighted by Crippen LogP contribution is -2.12. The van der Waals surface area contributed by atoms with Crippen molar-refractivity contribution >= 4 is 16.0 Å². The first-order valence-corrected chi connectivity index (χ1v) is 7.84. The molecule has 0 unspecified atom stereocenters. The van der Waals surface area contributed by atoms with Crippen LogP contribution in [0.1, 0.15) is 16.9 Å². The fourth-order valence-corrected chi connectivity index (χ4v) is 2.12. The number of aryl methyl sites for hydroxylation is 1. The van der Waals surface area contributed by atoms with Crippen molar-refractivity contribution in [2.45, 2.75) is 11.3 Å². The lowest BCUT2D eigenvalue weighted by Gasteiger charge is -2.06.